The van der Waals surface area contributed by atoms with E-state index in [4.69, 9.17) is 9.47 Å². The van der Waals surface area contributed by atoms with E-state index in [0.717, 1.165) is 25.1 Å². The zero-order valence-corrected chi connectivity index (χ0v) is 16.7. The van der Waals surface area contributed by atoms with Crippen molar-refractivity contribution >= 4 is 5.91 Å². The molecule has 3 aliphatic heterocycles. The van der Waals surface area contributed by atoms with Gasteiger partial charge in [0.25, 0.3) is 0 Å². The number of likely N-dealkylation sites (tertiary alicyclic amines) is 1. The largest absolute Gasteiger partial charge is 0.389 e. The number of aliphatic hydroxyl groups is 1. The Morgan fingerprint density at radius 3 is 2.86 bits per heavy atom. The van der Waals surface area contributed by atoms with Crippen LogP contribution in [0.1, 0.15) is 30.4 Å². The number of rotatable bonds is 5. The molecule has 1 amide bonds. The van der Waals surface area contributed by atoms with Crippen LogP contribution in [0.3, 0.4) is 0 Å². The second-order valence-electron chi connectivity index (χ2n) is 8.56. The molecule has 3 heterocycles. The second-order valence-corrected chi connectivity index (χ2v) is 8.56. The molecule has 3 aliphatic rings. The van der Waals surface area contributed by atoms with Crippen LogP contribution in [0.15, 0.2) is 24.3 Å². The van der Waals surface area contributed by atoms with Gasteiger partial charge in [0, 0.05) is 63.6 Å². The van der Waals surface area contributed by atoms with E-state index in [1.807, 2.05) is 0 Å². The number of hydrogen-bond donors (Lipinski definition) is 2. The first-order chi connectivity index (χ1) is 13.6. The minimum atomic E-state index is -0.687. The number of carbonyl (C=O) groups excluding carboxylic acids is 1. The molecule has 3 fully saturated rings. The fraction of sp³-hybridized carbons (Fsp3) is 0.682. The molecular formula is C22H32N2O4. The molecule has 4 rings (SSSR count). The first-order valence-electron chi connectivity index (χ1n) is 10.5. The molecule has 1 aromatic carbocycles. The van der Waals surface area contributed by atoms with Crippen molar-refractivity contribution in [3.63, 3.8) is 0 Å². The monoisotopic (exact) mass is 388 g/mol. The molecule has 6 nitrogen and oxygen atoms in total. The number of amides is 1. The summed E-state index contributed by atoms with van der Waals surface area (Å²) >= 11 is 0. The van der Waals surface area contributed by atoms with E-state index >= 15 is 0 Å². The lowest BCUT2D eigenvalue weighted by molar-refractivity contribution is -0.219. The van der Waals surface area contributed by atoms with Gasteiger partial charge in [-0.1, -0.05) is 29.8 Å². The third-order valence-electron chi connectivity index (χ3n) is 6.80. The summed E-state index contributed by atoms with van der Waals surface area (Å²) in [6.45, 7) is 6.68. The number of fused-ring (bicyclic) bond motifs is 3. The quantitative estimate of drug-likeness (QED) is 0.800. The fourth-order valence-electron chi connectivity index (χ4n) is 5.07. The second kappa shape index (κ2) is 8.49. The van der Waals surface area contributed by atoms with E-state index in [-0.39, 0.29) is 23.8 Å². The lowest BCUT2D eigenvalue weighted by Gasteiger charge is -2.57. The van der Waals surface area contributed by atoms with Gasteiger partial charge in [-0.25, -0.2) is 0 Å². The number of carbonyl (C=O) groups is 1. The Morgan fingerprint density at radius 1 is 1.25 bits per heavy atom. The number of nitrogens with zero attached hydrogens (tertiary/aromatic N) is 1. The number of ether oxygens (including phenoxy) is 2. The number of nitrogens with one attached hydrogen (secondary N) is 1. The summed E-state index contributed by atoms with van der Waals surface area (Å²) in [5, 5.41) is 14.4. The number of benzene rings is 1. The van der Waals surface area contributed by atoms with E-state index in [2.05, 4.69) is 41.4 Å². The third kappa shape index (κ3) is 4.10. The molecule has 154 valence electrons. The van der Waals surface area contributed by atoms with E-state index in [0.29, 0.717) is 45.8 Å². The first kappa shape index (κ1) is 19.8. The Balaban J connectivity index is 1.33. The van der Waals surface area contributed by atoms with Gasteiger partial charge in [-0.2, -0.15) is 0 Å². The lowest BCUT2D eigenvalue weighted by atomic mass is 9.66. The molecule has 1 aromatic rings. The van der Waals surface area contributed by atoms with Crippen LogP contribution in [-0.4, -0.2) is 67.1 Å². The zero-order valence-electron chi connectivity index (χ0n) is 16.7. The van der Waals surface area contributed by atoms with Crippen LogP contribution < -0.4 is 5.32 Å². The van der Waals surface area contributed by atoms with Gasteiger partial charge in [0.05, 0.1) is 18.8 Å². The minimum Gasteiger partial charge on any atom is -0.389 e. The maximum Gasteiger partial charge on any atom is 0.221 e. The average molecular weight is 389 g/mol. The number of piperidine rings is 1. The molecule has 3 saturated heterocycles. The van der Waals surface area contributed by atoms with Gasteiger partial charge < -0.3 is 19.9 Å². The molecule has 2 N–H and O–H groups in total. The average Bonchev–Trinajstić information content (AvgIpc) is 2.72. The first-order valence-corrected chi connectivity index (χ1v) is 10.5. The number of aryl methyl sites for hydroxylation is 1. The van der Waals surface area contributed by atoms with E-state index in [9.17, 15) is 9.90 Å². The Kier molecular flexibility index (Phi) is 6.01. The van der Waals surface area contributed by atoms with Crippen LogP contribution in [-0.2, 0) is 20.8 Å². The SMILES string of the molecule is Cc1ccc(CNC(=O)CCN2C[C@@H]3COCC[C@]3(O)[C@H]3COCC[C@H]32)cc1. The van der Waals surface area contributed by atoms with Crippen molar-refractivity contribution in [3.05, 3.63) is 35.4 Å². The van der Waals surface area contributed by atoms with Crippen LogP contribution in [0, 0.1) is 18.8 Å². The van der Waals surface area contributed by atoms with Crippen molar-refractivity contribution < 1.29 is 19.4 Å². The summed E-state index contributed by atoms with van der Waals surface area (Å²) in [5.74, 6) is 0.282. The molecule has 0 spiro atoms. The van der Waals surface area contributed by atoms with Gasteiger partial charge in [0.15, 0.2) is 0 Å². The normalized spacial score (nSPS) is 33.0. The van der Waals surface area contributed by atoms with Gasteiger partial charge in [-0.15, -0.1) is 0 Å². The van der Waals surface area contributed by atoms with Gasteiger partial charge in [-0.3, -0.25) is 9.69 Å². The highest BCUT2D eigenvalue weighted by Gasteiger charge is 2.55. The number of hydrogen-bond acceptors (Lipinski definition) is 5. The summed E-state index contributed by atoms with van der Waals surface area (Å²) in [6.07, 6.45) is 2.08. The highest BCUT2D eigenvalue weighted by Crippen LogP contribution is 2.44. The van der Waals surface area contributed by atoms with Crippen LogP contribution in [0.5, 0.6) is 0 Å². The van der Waals surface area contributed by atoms with Gasteiger partial charge >= 0.3 is 0 Å². The molecule has 0 aromatic heterocycles. The Bertz CT molecular complexity index is 680. The van der Waals surface area contributed by atoms with Crippen molar-refractivity contribution in [2.75, 3.05) is 39.5 Å². The topological polar surface area (TPSA) is 71.0 Å². The standard InChI is InChI=1S/C22H32N2O4/c1-16-2-4-17(5-3-16)12-23-21(25)6-9-24-13-18-14-28-11-8-22(18,26)19-15-27-10-7-20(19)24/h2-5,18-20,26H,6-15H2,1H3,(H,23,25)/t18-,19+,20-,22-/m1/s1. The van der Waals surface area contributed by atoms with E-state index in [1.165, 1.54) is 5.56 Å². The summed E-state index contributed by atoms with van der Waals surface area (Å²) in [4.78, 5) is 14.8. The van der Waals surface area contributed by atoms with Gasteiger partial charge in [0.1, 0.15) is 0 Å². The van der Waals surface area contributed by atoms with Crippen molar-refractivity contribution in [2.24, 2.45) is 11.8 Å². The van der Waals surface area contributed by atoms with Crippen molar-refractivity contribution in [3.8, 4) is 0 Å². The fourth-order valence-corrected chi connectivity index (χ4v) is 5.07. The maximum absolute atomic E-state index is 12.4. The molecule has 0 saturated carbocycles. The highest BCUT2D eigenvalue weighted by molar-refractivity contribution is 5.76. The van der Waals surface area contributed by atoms with Crippen molar-refractivity contribution in [1.29, 1.82) is 0 Å². The Hall–Kier alpha value is -1.47. The summed E-state index contributed by atoms with van der Waals surface area (Å²) in [5.41, 5.74) is 1.65. The molecule has 0 bridgehead atoms. The lowest BCUT2D eigenvalue weighted by Crippen LogP contribution is -2.68. The molecule has 28 heavy (non-hydrogen) atoms. The third-order valence-corrected chi connectivity index (χ3v) is 6.80. The zero-order chi connectivity index (χ0) is 19.6. The van der Waals surface area contributed by atoms with Crippen LogP contribution in [0.2, 0.25) is 0 Å². The molecule has 4 atom stereocenters. The molecular weight excluding hydrogens is 356 g/mol. The van der Waals surface area contributed by atoms with Crippen LogP contribution in [0.25, 0.3) is 0 Å². The molecule has 0 unspecified atom stereocenters. The smallest absolute Gasteiger partial charge is 0.221 e. The highest BCUT2D eigenvalue weighted by atomic mass is 16.5. The summed E-state index contributed by atoms with van der Waals surface area (Å²) in [7, 11) is 0. The van der Waals surface area contributed by atoms with Crippen LogP contribution in [0.4, 0.5) is 0 Å². The Labute approximate surface area is 167 Å². The predicted octanol–water partition coefficient (Wildman–Crippen LogP) is 1.49. The van der Waals surface area contributed by atoms with Crippen LogP contribution >= 0.6 is 0 Å². The van der Waals surface area contributed by atoms with Crippen molar-refractivity contribution in [1.82, 2.24) is 10.2 Å². The van der Waals surface area contributed by atoms with E-state index in [1.54, 1.807) is 0 Å². The molecule has 0 aliphatic carbocycles. The van der Waals surface area contributed by atoms with E-state index < -0.39 is 5.60 Å². The van der Waals surface area contributed by atoms with Crippen molar-refractivity contribution in [2.45, 2.75) is 44.4 Å². The summed E-state index contributed by atoms with van der Waals surface area (Å²) in [6, 6.07) is 8.52. The minimum absolute atomic E-state index is 0.0740. The maximum atomic E-state index is 12.4. The van der Waals surface area contributed by atoms with Gasteiger partial charge in [-0.05, 0) is 18.9 Å². The molecule has 0 radical (unpaired) electrons. The predicted molar refractivity (Wildman–Crippen MR) is 106 cm³/mol. The Morgan fingerprint density at radius 2 is 2.04 bits per heavy atom. The van der Waals surface area contributed by atoms with Gasteiger partial charge in [0.2, 0.25) is 5.91 Å². The summed E-state index contributed by atoms with van der Waals surface area (Å²) < 4.78 is 11.4. The molecule has 6 heteroatoms.